The average Bonchev–Trinajstić information content (AvgIpc) is 2.73. The van der Waals surface area contributed by atoms with E-state index in [1.807, 2.05) is 6.07 Å². The summed E-state index contributed by atoms with van der Waals surface area (Å²) < 4.78 is 0. The number of benzene rings is 1. The van der Waals surface area contributed by atoms with Gasteiger partial charge in [-0.15, -0.1) is 0 Å². The zero-order valence-electron chi connectivity index (χ0n) is 13.6. The molecule has 4 heteroatoms. The molecule has 1 heterocycles. The number of rotatable bonds is 6. The van der Waals surface area contributed by atoms with Crippen LogP contribution in [0.25, 0.3) is 0 Å². The molecule has 1 aliphatic rings. The smallest absolute Gasteiger partial charge is 0.248 e. The van der Waals surface area contributed by atoms with Crippen LogP contribution in [0.5, 0.6) is 0 Å². The molecule has 116 valence electrons. The Morgan fingerprint density at radius 2 is 1.95 bits per heavy atom. The highest BCUT2D eigenvalue weighted by atomic mass is 16.2. The van der Waals surface area contributed by atoms with Gasteiger partial charge in [0.2, 0.25) is 5.91 Å². The second-order valence-electron chi connectivity index (χ2n) is 5.84. The monoisotopic (exact) mass is 289 g/mol. The zero-order valence-corrected chi connectivity index (χ0v) is 13.6. The topological polar surface area (TPSA) is 49.6 Å². The number of carbonyl (C=O) groups excluding carboxylic acids is 1. The maximum Gasteiger partial charge on any atom is 0.248 e. The third-order valence-electron chi connectivity index (χ3n) is 4.69. The average molecular weight is 289 g/mol. The number of nitrogens with two attached hydrogens (primary N) is 1. The Labute approximate surface area is 127 Å². The van der Waals surface area contributed by atoms with Crippen molar-refractivity contribution >= 4 is 17.3 Å². The predicted molar refractivity (Wildman–Crippen MR) is 88.7 cm³/mol. The molecule has 1 aromatic rings. The second kappa shape index (κ2) is 6.48. The molecule has 0 fully saturated rings. The number of carbonyl (C=O) groups is 1. The van der Waals surface area contributed by atoms with Crippen LogP contribution in [0.4, 0.5) is 11.4 Å². The largest absolute Gasteiger partial charge is 0.371 e. The lowest BCUT2D eigenvalue weighted by Gasteiger charge is -2.28. The van der Waals surface area contributed by atoms with E-state index < -0.39 is 6.04 Å². The fraction of sp³-hybridized carbons (Fsp3) is 0.588. The van der Waals surface area contributed by atoms with Crippen molar-refractivity contribution in [2.24, 2.45) is 11.7 Å². The Morgan fingerprint density at radius 1 is 1.29 bits per heavy atom. The van der Waals surface area contributed by atoms with E-state index >= 15 is 0 Å². The number of hydrogen-bond acceptors (Lipinski definition) is 3. The summed E-state index contributed by atoms with van der Waals surface area (Å²) in [6, 6.07) is 5.70. The van der Waals surface area contributed by atoms with E-state index in [-0.39, 0.29) is 5.91 Å². The van der Waals surface area contributed by atoms with Crippen molar-refractivity contribution in [3.8, 4) is 0 Å². The molecule has 2 rings (SSSR count). The van der Waals surface area contributed by atoms with E-state index in [4.69, 9.17) is 5.73 Å². The van der Waals surface area contributed by atoms with Gasteiger partial charge >= 0.3 is 0 Å². The van der Waals surface area contributed by atoms with Gasteiger partial charge in [-0.3, -0.25) is 4.79 Å². The third kappa shape index (κ3) is 2.91. The Hall–Kier alpha value is -1.55. The summed E-state index contributed by atoms with van der Waals surface area (Å²) in [5.74, 6) is 0.685. The molecule has 1 atom stereocenters. The third-order valence-corrected chi connectivity index (χ3v) is 4.69. The van der Waals surface area contributed by atoms with Gasteiger partial charge in [0, 0.05) is 31.4 Å². The van der Waals surface area contributed by atoms with Crippen LogP contribution in [0, 0.1) is 5.92 Å². The normalized spacial score (nSPS) is 17.5. The van der Waals surface area contributed by atoms with Crippen LogP contribution in [0.2, 0.25) is 0 Å². The van der Waals surface area contributed by atoms with Crippen LogP contribution in [-0.4, -0.2) is 26.0 Å². The SMILES string of the molecule is CCC(CC)CN(CC)c1ccc2c(c1)N(C)C(=O)C2N. The van der Waals surface area contributed by atoms with Gasteiger partial charge in [0.05, 0.1) is 5.69 Å². The molecule has 21 heavy (non-hydrogen) atoms. The molecule has 2 N–H and O–H groups in total. The van der Waals surface area contributed by atoms with Gasteiger partial charge < -0.3 is 15.5 Å². The Kier molecular flexibility index (Phi) is 4.88. The van der Waals surface area contributed by atoms with Gasteiger partial charge in [-0.25, -0.2) is 0 Å². The van der Waals surface area contributed by atoms with Gasteiger partial charge in [-0.2, -0.15) is 0 Å². The Morgan fingerprint density at radius 3 is 2.52 bits per heavy atom. The Balaban J connectivity index is 2.27. The summed E-state index contributed by atoms with van der Waals surface area (Å²) >= 11 is 0. The molecular weight excluding hydrogens is 262 g/mol. The summed E-state index contributed by atoms with van der Waals surface area (Å²) in [4.78, 5) is 16.0. The van der Waals surface area contributed by atoms with E-state index in [2.05, 4.69) is 37.8 Å². The minimum atomic E-state index is -0.506. The number of nitrogens with zero attached hydrogens (tertiary/aromatic N) is 2. The van der Waals surface area contributed by atoms with Gasteiger partial charge in [-0.05, 0) is 25.0 Å². The van der Waals surface area contributed by atoms with Crippen molar-refractivity contribution in [3.63, 3.8) is 0 Å². The van der Waals surface area contributed by atoms with Crippen LogP contribution < -0.4 is 15.5 Å². The summed E-state index contributed by atoms with van der Waals surface area (Å²) in [5.41, 5.74) is 9.02. The number of fused-ring (bicyclic) bond motifs is 1. The molecule has 0 aromatic heterocycles. The number of likely N-dealkylation sites (N-methyl/N-ethyl adjacent to an activating group) is 1. The van der Waals surface area contributed by atoms with Gasteiger partial charge in [0.15, 0.2) is 0 Å². The molecule has 0 saturated heterocycles. The van der Waals surface area contributed by atoms with Crippen molar-refractivity contribution < 1.29 is 4.79 Å². The fourth-order valence-corrected chi connectivity index (χ4v) is 3.02. The Bertz CT molecular complexity index is 511. The lowest BCUT2D eigenvalue weighted by Crippen LogP contribution is -2.29. The van der Waals surface area contributed by atoms with Gasteiger partial charge in [0.25, 0.3) is 0 Å². The fourth-order valence-electron chi connectivity index (χ4n) is 3.02. The molecular formula is C17H27N3O. The molecule has 1 aromatic carbocycles. The van der Waals surface area contributed by atoms with Gasteiger partial charge in [0.1, 0.15) is 6.04 Å². The van der Waals surface area contributed by atoms with Crippen LogP contribution in [0.1, 0.15) is 45.2 Å². The minimum Gasteiger partial charge on any atom is -0.371 e. The zero-order chi connectivity index (χ0) is 15.6. The molecule has 0 bridgehead atoms. The second-order valence-corrected chi connectivity index (χ2v) is 5.84. The standard InChI is InChI=1S/C17H27N3O/c1-5-12(6-2)11-20(7-3)13-8-9-14-15(10-13)19(4)17(21)16(14)18/h8-10,12,16H,5-7,11,18H2,1-4H3. The summed E-state index contributed by atoms with van der Waals surface area (Å²) in [6.45, 7) is 8.70. The maximum absolute atomic E-state index is 12.0. The highest BCUT2D eigenvalue weighted by Crippen LogP contribution is 2.36. The molecule has 1 amide bonds. The van der Waals surface area contributed by atoms with Crippen LogP contribution >= 0.6 is 0 Å². The van der Waals surface area contributed by atoms with Crippen molar-refractivity contribution in [2.75, 3.05) is 29.9 Å². The van der Waals surface area contributed by atoms with E-state index in [0.29, 0.717) is 5.92 Å². The quantitative estimate of drug-likeness (QED) is 0.876. The molecule has 0 radical (unpaired) electrons. The summed E-state index contributed by atoms with van der Waals surface area (Å²) in [7, 11) is 1.80. The van der Waals surface area contributed by atoms with E-state index in [1.165, 1.54) is 18.5 Å². The number of anilines is 2. The predicted octanol–water partition coefficient (Wildman–Crippen LogP) is 2.93. The highest BCUT2D eigenvalue weighted by Gasteiger charge is 2.32. The van der Waals surface area contributed by atoms with Crippen molar-refractivity contribution in [2.45, 2.75) is 39.7 Å². The lowest BCUT2D eigenvalue weighted by molar-refractivity contribution is -0.118. The van der Waals surface area contributed by atoms with Crippen LogP contribution in [0.15, 0.2) is 18.2 Å². The maximum atomic E-state index is 12.0. The lowest BCUT2D eigenvalue weighted by atomic mass is 10.0. The van der Waals surface area contributed by atoms with Crippen molar-refractivity contribution in [1.29, 1.82) is 0 Å². The van der Waals surface area contributed by atoms with Crippen molar-refractivity contribution in [3.05, 3.63) is 23.8 Å². The van der Waals surface area contributed by atoms with Gasteiger partial charge in [-0.1, -0.05) is 32.8 Å². The van der Waals surface area contributed by atoms with Crippen LogP contribution in [-0.2, 0) is 4.79 Å². The molecule has 0 aliphatic carbocycles. The molecule has 0 spiro atoms. The highest BCUT2D eigenvalue weighted by molar-refractivity contribution is 6.04. The van der Waals surface area contributed by atoms with E-state index in [9.17, 15) is 4.79 Å². The summed E-state index contributed by atoms with van der Waals surface area (Å²) in [6.07, 6.45) is 2.39. The van der Waals surface area contributed by atoms with E-state index in [1.54, 1.807) is 11.9 Å². The first-order valence-electron chi connectivity index (χ1n) is 7.95. The summed E-state index contributed by atoms with van der Waals surface area (Å²) in [5, 5.41) is 0. The number of hydrogen-bond donors (Lipinski definition) is 1. The molecule has 4 nitrogen and oxygen atoms in total. The molecule has 1 unspecified atom stereocenters. The molecule has 1 aliphatic heterocycles. The van der Waals surface area contributed by atoms with E-state index in [0.717, 1.165) is 24.3 Å². The first-order valence-corrected chi connectivity index (χ1v) is 7.95. The molecule has 0 saturated carbocycles. The first-order chi connectivity index (χ1) is 10.0. The number of amides is 1. The minimum absolute atomic E-state index is 0.0230. The first kappa shape index (κ1) is 15.8. The van der Waals surface area contributed by atoms with Crippen LogP contribution in [0.3, 0.4) is 0 Å². The van der Waals surface area contributed by atoms with Crippen molar-refractivity contribution in [1.82, 2.24) is 0 Å².